The van der Waals surface area contributed by atoms with Crippen LogP contribution in [0, 0.1) is 11.3 Å². The summed E-state index contributed by atoms with van der Waals surface area (Å²) in [4.78, 5) is 0. The van der Waals surface area contributed by atoms with Gasteiger partial charge in [0.1, 0.15) is 24.4 Å². The highest BCUT2D eigenvalue weighted by Gasteiger charge is 2.53. The second kappa shape index (κ2) is 14.5. The summed E-state index contributed by atoms with van der Waals surface area (Å²) < 4.78 is 31.6. The monoisotopic (exact) mass is 589 g/mol. The number of ether oxygens (including phenoxy) is 4. The van der Waals surface area contributed by atoms with Gasteiger partial charge in [-0.1, -0.05) is 100 Å². The highest BCUT2D eigenvalue weighted by molar-refractivity contribution is 6.99. The molecule has 1 aliphatic rings. The minimum Gasteiger partial charge on any atom is -0.405 e. The number of benzene rings is 3. The van der Waals surface area contributed by atoms with Crippen molar-refractivity contribution in [2.45, 2.75) is 76.5 Å². The maximum absolute atomic E-state index is 11.7. The highest BCUT2D eigenvalue weighted by atomic mass is 28.4. The molecule has 1 saturated heterocycles. The SMILES string of the molecule is CCCO[C@H]1[C@H](O)[C@@H](CO[Si](c2ccccc2)(c2ccccc2)C(C)(C)C)OC(OC)[C@@H]1OCc1ccc(C#N)cc1. The second-order valence-corrected chi connectivity index (χ2v) is 16.0. The van der Waals surface area contributed by atoms with Gasteiger partial charge < -0.3 is 28.5 Å². The molecule has 5 atom stereocenters. The van der Waals surface area contributed by atoms with E-state index in [0.29, 0.717) is 12.2 Å². The molecule has 0 amide bonds. The summed E-state index contributed by atoms with van der Waals surface area (Å²) in [5.41, 5.74) is 1.47. The number of hydrogen-bond donors (Lipinski definition) is 1. The lowest BCUT2D eigenvalue weighted by molar-refractivity contribution is -0.311. The summed E-state index contributed by atoms with van der Waals surface area (Å²) in [6, 6.07) is 30.1. The van der Waals surface area contributed by atoms with Gasteiger partial charge in [-0.15, -0.1) is 0 Å². The molecule has 8 heteroatoms. The van der Waals surface area contributed by atoms with Crippen LogP contribution in [0.25, 0.3) is 0 Å². The third kappa shape index (κ3) is 7.01. The van der Waals surface area contributed by atoms with Crippen molar-refractivity contribution < 1.29 is 28.5 Å². The predicted octanol–water partition coefficient (Wildman–Crippen LogP) is 4.55. The molecular weight excluding hydrogens is 546 g/mol. The van der Waals surface area contributed by atoms with E-state index in [-0.39, 0.29) is 18.3 Å². The minimum atomic E-state index is -2.85. The van der Waals surface area contributed by atoms with E-state index < -0.39 is 39.0 Å². The first-order valence-corrected chi connectivity index (χ1v) is 16.5. The number of nitrogens with zero attached hydrogens (tertiary/aromatic N) is 1. The third-order valence-corrected chi connectivity index (χ3v) is 12.8. The molecule has 0 saturated carbocycles. The Morgan fingerprint density at radius 3 is 1.98 bits per heavy atom. The summed E-state index contributed by atoms with van der Waals surface area (Å²) in [7, 11) is -1.29. The Morgan fingerprint density at radius 2 is 1.48 bits per heavy atom. The second-order valence-electron chi connectivity index (χ2n) is 11.7. The average molecular weight is 590 g/mol. The number of nitriles is 1. The maximum atomic E-state index is 11.7. The van der Waals surface area contributed by atoms with Gasteiger partial charge in [-0.05, 0) is 39.5 Å². The van der Waals surface area contributed by atoms with Gasteiger partial charge in [0.25, 0.3) is 8.32 Å². The van der Waals surface area contributed by atoms with Gasteiger partial charge in [0.15, 0.2) is 6.29 Å². The van der Waals surface area contributed by atoms with Crippen LogP contribution in [0.4, 0.5) is 0 Å². The van der Waals surface area contributed by atoms with Crippen molar-refractivity contribution >= 4 is 18.7 Å². The van der Waals surface area contributed by atoms with E-state index in [1.807, 2.05) is 55.5 Å². The normalized spacial score (nSPS) is 22.9. The van der Waals surface area contributed by atoms with Crippen molar-refractivity contribution in [1.82, 2.24) is 0 Å². The van der Waals surface area contributed by atoms with Crippen LogP contribution < -0.4 is 10.4 Å². The summed E-state index contributed by atoms with van der Waals surface area (Å²) in [6.45, 7) is 9.54. The lowest BCUT2D eigenvalue weighted by Gasteiger charge is -2.47. The van der Waals surface area contributed by atoms with Crippen molar-refractivity contribution in [2.75, 3.05) is 20.3 Å². The van der Waals surface area contributed by atoms with E-state index in [1.165, 1.54) is 0 Å². The van der Waals surface area contributed by atoms with Crippen molar-refractivity contribution in [3.8, 4) is 6.07 Å². The Labute approximate surface area is 251 Å². The summed E-state index contributed by atoms with van der Waals surface area (Å²) >= 11 is 0. The fourth-order valence-electron chi connectivity index (χ4n) is 5.68. The van der Waals surface area contributed by atoms with Gasteiger partial charge in [0.2, 0.25) is 0 Å². The van der Waals surface area contributed by atoms with Gasteiger partial charge in [-0.3, -0.25) is 0 Å². The van der Waals surface area contributed by atoms with E-state index in [0.717, 1.165) is 22.4 Å². The molecule has 0 spiro atoms. The van der Waals surface area contributed by atoms with Crippen molar-refractivity contribution in [1.29, 1.82) is 5.26 Å². The molecule has 3 aromatic carbocycles. The molecule has 224 valence electrons. The molecule has 0 bridgehead atoms. The number of aliphatic hydroxyl groups excluding tert-OH is 1. The number of rotatable bonds is 12. The Bertz CT molecular complexity index is 1240. The quantitative estimate of drug-likeness (QED) is 0.310. The van der Waals surface area contributed by atoms with Crippen molar-refractivity contribution in [2.24, 2.45) is 0 Å². The largest absolute Gasteiger partial charge is 0.405 e. The van der Waals surface area contributed by atoms with E-state index in [1.54, 1.807) is 19.2 Å². The van der Waals surface area contributed by atoms with Crippen LogP contribution >= 0.6 is 0 Å². The van der Waals surface area contributed by atoms with Gasteiger partial charge >= 0.3 is 0 Å². The lowest BCUT2D eigenvalue weighted by Crippen LogP contribution is -2.68. The van der Waals surface area contributed by atoms with Gasteiger partial charge in [-0.25, -0.2) is 0 Å². The van der Waals surface area contributed by atoms with Crippen LogP contribution in [0.5, 0.6) is 0 Å². The van der Waals surface area contributed by atoms with E-state index >= 15 is 0 Å². The topological polar surface area (TPSA) is 90.2 Å². The Morgan fingerprint density at radius 1 is 0.881 bits per heavy atom. The van der Waals surface area contributed by atoms with Crippen LogP contribution in [-0.2, 0) is 30.0 Å². The molecule has 0 aromatic heterocycles. The molecule has 1 N–H and O–H groups in total. The average Bonchev–Trinajstić information content (AvgIpc) is 3.01. The first-order valence-electron chi connectivity index (χ1n) is 14.6. The lowest BCUT2D eigenvalue weighted by atomic mass is 9.98. The van der Waals surface area contributed by atoms with Gasteiger partial charge in [-0.2, -0.15) is 5.26 Å². The molecule has 1 aliphatic heterocycles. The zero-order valence-corrected chi connectivity index (χ0v) is 26.2. The zero-order valence-electron chi connectivity index (χ0n) is 25.2. The number of hydrogen-bond acceptors (Lipinski definition) is 7. The third-order valence-electron chi connectivity index (χ3n) is 7.77. The Hall–Kier alpha value is -2.87. The number of methoxy groups -OCH3 is 1. The van der Waals surface area contributed by atoms with Gasteiger partial charge in [0.05, 0.1) is 24.8 Å². The van der Waals surface area contributed by atoms with Crippen LogP contribution in [0.1, 0.15) is 45.2 Å². The molecule has 1 unspecified atom stereocenters. The first kappa shape index (κ1) is 32.0. The fourth-order valence-corrected chi connectivity index (χ4v) is 10.2. The summed E-state index contributed by atoms with van der Waals surface area (Å²) in [6.07, 6.45) is -3.05. The van der Waals surface area contributed by atoms with E-state index in [9.17, 15) is 5.11 Å². The molecule has 0 radical (unpaired) electrons. The summed E-state index contributed by atoms with van der Waals surface area (Å²) in [5, 5.41) is 22.8. The predicted molar refractivity (Wildman–Crippen MR) is 165 cm³/mol. The first-order chi connectivity index (χ1) is 20.2. The number of aliphatic hydroxyl groups is 1. The highest BCUT2D eigenvalue weighted by Crippen LogP contribution is 2.38. The molecular formula is C34H43NO6Si. The van der Waals surface area contributed by atoms with Crippen molar-refractivity contribution in [3.63, 3.8) is 0 Å². The van der Waals surface area contributed by atoms with E-state index in [4.69, 9.17) is 28.6 Å². The zero-order chi connectivity index (χ0) is 30.2. The maximum Gasteiger partial charge on any atom is 0.261 e. The summed E-state index contributed by atoms with van der Waals surface area (Å²) in [5.74, 6) is 0. The standard InChI is InChI=1S/C34H43NO6Si/c1-6-21-38-31-30(36)29(41-33(37-5)32(31)39-23-26-19-17-25(22-35)18-20-26)24-40-42(34(2,3)4,27-13-9-7-10-14-27)28-15-11-8-12-16-28/h7-20,29-33,36H,6,21,23-24H2,1-5H3/t29-,30-,31+,32-,33?/m1/s1. The Balaban J connectivity index is 1.61. The molecule has 0 aliphatic carbocycles. The van der Waals surface area contributed by atoms with Crippen LogP contribution in [0.2, 0.25) is 5.04 Å². The molecule has 7 nitrogen and oxygen atoms in total. The molecule has 1 fully saturated rings. The Kier molecular flexibility index (Phi) is 11.1. The molecule has 42 heavy (non-hydrogen) atoms. The molecule has 3 aromatic rings. The van der Waals surface area contributed by atoms with Crippen molar-refractivity contribution in [3.05, 3.63) is 96.1 Å². The molecule has 1 heterocycles. The van der Waals surface area contributed by atoms with Crippen LogP contribution in [0.3, 0.4) is 0 Å². The van der Waals surface area contributed by atoms with Gasteiger partial charge in [0, 0.05) is 13.7 Å². The minimum absolute atomic E-state index is 0.155. The fraction of sp³-hybridized carbons (Fsp3) is 0.441. The van der Waals surface area contributed by atoms with E-state index in [2.05, 4.69) is 51.1 Å². The smallest absolute Gasteiger partial charge is 0.261 e. The molecule has 4 rings (SSSR count). The van der Waals surface area contributed by atoms with Crippen LogP contribution in [-0.4, -0.2) is 64.5 Å². The van der Waals surface area contributed by atoms with Crippen LogP contribution in [0.15, 0.2) is 84.9 Å².